The van der Waals surface area contributed by atoms with Gasteiger partial charge in [-0.1, -0.05) is 39.5 Å². The Morgan fingerprint density at radius 2 is 2.15 bits per heavy atom. The van der Waals surface area contributed by atoms with Gasteiger partial charge in [-0.25, -0.2) is 4.52 Å². The molecule has 2 aromatic rings. The Morgan fingerprint density at radius 3 is 2.85 bits per heavy atom. The number of rotatable bonds is 8. The van der Waals surface area contributed by atoms with Crippen LogP contribution in [-0.4, -0.2) is 21.6 Å². The molecular formula is C16H26N4. The summed E-state index contributed by atoms with van der Waals surface area (Å²) in [5.74, 6) is 0.777. The van der Waals surface area contributed by atoms with Crippen LogP contribution in [0, 0.1) is 5.92 Å². The molecule has 0 spiro atoms. The zero-order valence-electron chi connectivity index (χ0n) is 12.8. The largest absolute Gasteiger partial charge is 0.313 e. The van der Waals surface area contributed by atoms with Crippen molar-refractivity contribution in [2.45, 2.75) is 52.0 Å². The predicted octanol–water partition coefficient (Wildman–Crippen LogP) is 3.60. The summed E-state index contributed by atoms with van der Waals surface area (Å²) < 4.78 is 1.90. The van der Waals surface area contributed by atoms with E-state index in [1.807, 2.05) is 30.2 Å². The average molecular weight is 274 g/mol. The van der Waals surface area contributed by atoms with Crippen LogP contribution in [0.1, 0.15) is 57.6 Å². The third-order valence-electron chi connectivity index (χ3n) is 4.19. The molecule has 20 heavy (non-hydrogen) atoms. The van der Waals surface area contributed by atoms with Crippen LogP contribution in [0.2, 0.25) is 0 Å². The Bertz CT molecular complexity index is 520. The highest BCUT2D eigenvalue weighted by atomic mass is 15.2. The second-order valence-electron chi connectivity index (χ2n) is 5.50. The van der Waals surface area contributed by atoms with E-state index in [2.05, 4.69) is 29.2 Å². The molecule has 0 aliphatic heterocycles. The van der Waals surface area contributed by atoms with Crippen LogP contribution in [0.25, 0.3) is 5.52 Å². The Balaban J connectivity index is 2.15. The van der Waals surface area contributed by atoms with Crippen molar-refractivity contribution in [1.82, 2.24) is 19.9 Å². The number of nitrogens with zero attached hydrogens (tertiary/aromatic N) is 3. The SMILES string of the molecule is CCCCC(CC)CC(NC)c1cnn2ccncc12. The Labute approximate surface area is 121 Å². The molecule has 0 saturated heterocycles. The van der Waals surface area contributed by atoms with Gasteiger partial charge in [-0.2, -0.15) is 5.10 Å². The van der Waals surface area contributed by atoms with Gasteiger partial charge in [-0.3, -0.25) is 4.98 Å². The number of unbranched alkanes of at least 4 members (excludes halogenated alkanes) is 1. The molecule has 2 heterocycles. The van der Waals surface area contributed by atoms with Crippen molar-refractivity contribution in [3.05, 3.63) is 30.4 Å². The van der Waals surface area contributed by atoms with Gasteiger partial charge in [0.05, 0.1) is 17.9 Å². The number of aromatic nitrogens is 3. The molecule has 2 unspecified atom stereocenters. The highest BCUT2D eigenvalue weighted by molar-refractivity contribution is 5.53. The highest BCUT2D eigenvalue weighted by Crippen LogP contribution is 2.28. The second kappa shape index (κ2) is 7.39. The summed E-state index contributed by atoms with van der Waals surface area (Å²) in [5, 5.41) is 7.88. The van der Waals surface area contributed by atoms with Gasteiger partial charge in [-0.15, -0.1) is 0 Å². The fourth-order valence-electron chi connectivity index (χ4n) is 2.84. The van der Waals surface area contributed by atoms with Crippen molar-refractivity contribution >= 4 is 5.52 Å². The van der Waals surface area contributed by atoms with Gasteiger partial charge in [0.1, 0.15) is 0 Å². The van der Waals surface area contributed by atoms with Crippen LogP contribution in [0.5, 0.6) is 0 Å². The quantitative estimate of drug-likeness (QED) is 0.799. The van der Waals surface area contributed by atoms with Crippen LogP contribution >= 0.6 is 0 Å². The van der Waals surface area contributed by atoms with E-state index in [-0.39, 0.29) is 0 Å². The first-order chi connectivity index (χ1) is 9.80. The first-order valence-electron chi connectivity index (χ1n) is 7.74. The van der Waals surface area contributed by atoms with Crippen molar-refractivity contribution in [1.29, 1.82) is 0 Å². The van der Waals surface area contributed by atoms with E-state index in [1.165, 1.54) is 37.7 Å². The van der Waals surface area contributed by atoms with E-state index in [1.54, 1.807) is 6.20 Å². The summed E-state index contributed by atoms with van der Waals surface area (Å²) >= 11 is 0. The van der Waals surface area contributed by atoms with Gasteiger partial charge >= 0.3 is 0 Å². The van der Waals surface area contributed by atoms with Crippen molar-refractivity contribution in [3.63, 3.8) is 0 Å². The summed E-state index contributed by atoms with van der Waals surface area (Å²) in [6.45, 7) is 4.56. The molecule has 2 aromatic heterocycles. The molecule has 0 aliphatic rings. The fraction of sp³-hybridized carbons (Fsp3) is 0.625. The summed E-state index contributed by atoms with van der Waals surface area (Å²) in [7, 11) is 2.04. The third-order valence-corrected chi connectivity index (χ3v) is 4.19. The normalized spacial score (nSPS) is 14.6. The molecule has 1 N–H and O–H groups in total. The van der Waals surface area contributed by atoms with Crippen LogP contribution < -0.4 is 5.32 Å². The maximum atomic E-state index is 4.42. The molecule has 2 atom stereocenters. The molecule has 0 fully saturated rings. The lowest BCUT2D eigenvalue weighted by atomic mass is 9.90. The van der Waals surface area contributed by atoms with Crippen LogP contribution in [0.15, 0.2) is 24.8 Å². The van der Waals surface area contributed by atoms with Gasteiger partial charge in [0.2, 0.25) is 0 Å². The standard InChI is InChI=1S/C16H26N4/c1-4-6-7-13(5-2)10-15(17-3)14-11-19-20-9-8-18-12-16(14)20/h8-9,11-13,15,17H,4-7,10H2,1-3H3. The molecular weight excluding hydrogens is 248 g/mol. The molecule has 0 radical (unpaired) electrons. The minimum Gasteiger partial charge on any atom is -0.313 e. The third kappa shape index (κ3) is 3.37. The number of hydrogen-bond donors (Lipinski definition) is 1. The lowest BCUT2D eigenvalue weighted by molar-refractivity contribution is 0.366. The average Bonchev–Trinajstić information content (AvgIpc) is 2.92. The molecule has 4 heteroatoms. The minimum atomic E-state index is 0.360. The number of fused-ring (bicyclic) bond motifs is 1. The second-order valence-corrected chi connectivity index (χ2v) is 5.50. The van der Waals surface area contributed by atoms with Gasteiger partial charge in [0.15, 0.2) is 0 Å². The molecule has 4 nitrogen and oxygen atoms in total. The molecule has 0 saturated carbocycles. The van der Waals surface area contributed by atoms with Crippen molar-refractivity contribution in [2.24, 2.45) is 5.92 Å². The van der Waals surface area contributed by atoms with Gasteiger partial charge in [0, 0.05) is 24.0 Å². The van der Waals surface area contributed by atoms with Crippen molar-refractivity contribution in [2.75, 3.05) is 7.05 Å². The zero-order valence-corrected chi connectivity index (χ0v) is 12.8. The Kier molecular flexibility index (Phi) is 5.53. The van der Waals surface area contributed by atoms with Crippen molar-refractivity contribution < 1.29 is 0 Å². The monoisotopic (exact) mass is 274 g/mol. The molecule has 110 valence electrons. The topological polar surface area (TPSA) is 42.2 Å². The maximum Gasteiger partial charge on any atom is 0.0892 e. The summed E-state index contributed by atoms with van der Waals surface area (Å²) in [6.07, 6.45) is 13.9. The number of nitrogens with one attached hydrogen (secondary N) is 1. The minimum absolute atomic E-state index is 0.360. The van der Waals surface area contributed by atoms with E-state index in [0.717, 1.165) is 11.4 Å². The first-order valence-corrected chi connectivity index (χ1v) is 7.74. The summed E-state index contributed by atoms with van der Waals surface area (Å²) in [6, 6.07) is 0.360. The van der Waals surface area contributed by atoms with E-state index in [4.69, 9.17) is 0 Å². The molecule has 0 amide bonds. The molecule has 2 rings (SSSR count). The van der Waals surface area contributed by atoms with E-state index in [0.29, 0.717) is 6.04 Å². The molecule has 0 aromatic carbocycles. The lowest BCUT2D eigenvalue weighted by Crippen LogP contribution is -2.19. The van der Waals surface area contributed by atoms with Gasteiger partial charge in [-0.05, 0) is 19.4 Å². The van der Waals surface area contributed by atoms with Gasteiger partial charge in [0.25, 0.3) is 0 Å². The first kappa shape index (κ1) is 15.0. The maximum absolute atomic E-state index is 4.42. The van der Waals surface area contributed by atoms with Crippen LogP contribution in [0.3, 0.4) is 0 Å². The van der Waals surface area contributed by atoms with Crippen LogP contribution in [0.4, 0.5) is 0 Å². The lowest BCUT2D eigenvalue weighted by Gasteiger charge is -2.22. The zero-order chi connectivity index (χ0) is 14.4. The van der Waals surface area contributed by atoms with E-state index >= 15 is 0 Å². The van der Waals surface area contributed by atoms with Gasteiger partial charge < -0.3 is 5.32 Å². The Hall–Kier alpha value is -1.42. The van der Waals surface area contributed by atoms with E-state index < -0.39 is 0 Å². The molecule has 0 bridgehead atoms. The smallest absolute Gasteiger partial charge is 0.0892 e. The van der Waals surface area contributed by atoms with E-state index in [9.17, 15) is 0 Å². The summed E-state index contributed by atoms with van der Waals surface area (Å²) in [5.41, 5.74) is 2.37. The van der Waals surface area contributed by atoms with Crippen molar-refractivity contribution in [3.8, 4) is 0 Å². The van der Waals surface area contributed by atoms with Crippen LogP contribution in [-0.2, 0) is 0 Å². The highest BCUT2D eigenvalue weighted by Gasteiger charge is 2.18. The predicted molar refractivity (Wildman–Crippen MR) is 82.7 cm³/mol. The Morgan fingerprint density at radius 1 is 1.30 bits per heavy atom. The summed E-state index contributed by atoms with van der Waals surface area (Å²) in [4.78, 5) is 4.22. The fourth-order valence-corrected chi connectivity index (χ4v) is 2.84. The number of hydrogen-bond acceptors (Lipinski definition) is 3. The molecule has 0 aliphatic carbocycles.